The summed E-state index contributed by atoms with van der Waals surface area (Å²) in [5.74, 6) is -0.876. The number of hydrogen-bond donors (Lipinski definition) is 1. The Balaban J connectivity index is 2.12. The van der Waals surface area contributed by atoms with Crippen molar-refractivity contribution in [2.75, 3.05) is 0 Å². The average molecular weight is 333 g/mol. The van der Waals surface area contributed by atoms with Crippen LogP contribution >= 0.6 is 0 Å². The maximum absolute atomic E-state index is 10.8. The van der Waals surface area contributed by atoms with Crippen molar-refractivity contribution in [3.8, 4) is 0 Å². The van der Waals surface area contributed by atoms with Gasteiger partial charge < -0.3 is 0 Å². The predicted octanol–water partition coefficient (Wildman–Crippen LogP) is 2.34. The summed E-state index contributed by atoms with van der Waals surface area (Å²) in [4.78, 5) is 10.8. The van der Waals surface area contributed by atoms with Gasteiger partial charge in [-0.3, -0.25) is 0 Å². The van der Waals surface area contributed by atoms with Crippen LogP contribution in [-0.2, 0) is 5.41 Å². The molecule has 1 N–H and O–H groups in total. The predicted molar refractivity (Wildman–Crippen MR) is 83.6 cm³/mol. The normalized spacial score (nSPS) is 11.3. The van der Waals surface area contributed by atoms with Crippen molar-refractivity contribution >= 4 is 29.8 Å². The van der Waals surface area contributed by atoms with Crippen molar-refractivity contribution in [2.24, 2.45) is 0 Å². The molecule has 2 nitrogen and oxygen atoms in total. The van der Waals surface area contributed by atoms with Gasteiger partial charge in [-0.2, -0.15) is 0 Å². The number of carboxylic acids is 1. The molecule has 2 aromatic carbocycles. The molecule has 0 radical (unpaired) electrons. The Morgan fingerprint density at radius 2 is 1.35 bits per heavy atom. The zero-order valence-corrected chi connectivity index (χ0v) is 13.6. The Kier molecular flexibility index (Phi) is 4.32. The Bertz CT molecular complexity index is 592. The topological polar surface area (TPSA) is 37.3 Å². The van der Waals surface area contributed by atoms with Gasteiger partial charge in [-0.1, -0.05) is 0 Å². The van der Waals surface area contributed by atoms with Gasteiger partial charge in [0.25, 0.3) is 0 Å². The number of benzene rings is 2. The first-order valence-electron chi connectivity index (χ1n) is 6.48. The van der Waals surface area contributed by atoms with Crippen LogP contribution in [0.15, 0.2) is 48.5 Å². The molecule has 0 heterocycles. The van der Waals surface area contributed by atoms with Crippen molar-refractivity contribution in [3.05, 3.63) is 59.7 Å². The molecule has 0 spiro atoms. The van der Waals surface area contributed by atoms with Gasteiger partial charge in [0.2, 0.25) is 0 Å². The molecule has 2 rings (SSSR count). The first-order valence-corrected chi connectivity index (χ1v) is 8.19. The molecule has 0 aliphatic carbocycles. The van der Waals surface area contributed by atoms with Gasteiger partial charge in [0.05, 0.1) is 0 Å². The summed E-state index contributed by atoms with van der Waals surface area (Å²) in [6.07, 6.45) is 0. The third kappa shape index (κ3) is 3.72. The molecule has 0 amide bonds. The van der Waals surface area contributed by atoms with Crippen molar-refractivity contribution < 1.29 is 9.90 Å². The van der Waals surface area contributed by atoms with Crippen molar-refractivity contribution in [1.29, 1.82) is 0 Å². The Morgan fingerprint density at radius 1 is 0.900 bits per heavy atom. The van der Waals surface area contributed by atoms with Gasteiger partial charge in [-0.25, -0.2) is 0 Å². The van der Waals surface area contributed by atoms with E-state index >= 15 is 0 Å². The first kappa shape index (κ1) is 14.8. The molecule has 2 aromatic rings. The fraction of sp³-hybridized carbons (Fsp3) is 0.235. The minimum absolute atomic E-state index is 0.175. The van der Waals surface area contributed by atoms with E-state index in [0.29, 0.717) is 5.56 Å². The molecule has 0 saturated heterocycles. The van der Waals surface area contributed by atoms with E-state index in [0.717, 1.165) is 0 Å². The summed E-state index contributed by atoms with van der Waals surface area (Å²) in [6.45, 7) is 6.62. The second-order valence-corrected chi connectivity index (χ2v) is 8.11. The minimum atomic E-state index is -0.876. The summed E-state index contributed by atoms with van der Waals surface area (Å²) in [6, 6.07) is 15.9. The van der Waals surface area contributed by atoms with Crippen LogP contribution in [0.2, 0.25) is 0 Å². The summed E-state index contributed by atoms with van der Waals surface area (Å²) in [5, 5.41) is 8.88. The number of carboxylic acid groups (broad SMARTS) is 1. The van der Waals surface area contributed by atoms with Gasteiger partial charge in [0.1, 0.15) is 0 Å². The van der Waals surface area contributed by atoms with Crippen molar-refractivity contribution in [3.63, 3.8) is 0 Å². The first-order chi connectivity index (χ1) is 9.36. The molecule has 0 bridgehead atoms. The molecule has 0 aliphatic heterocycles. The van der Waals surface area contributed by atoms with Crippen LogP contribution in [0.5, 0.6) is 0 Å². The van der Waals surface area contributed by atoms with E-state index in [1.807, 2.05) is 12.1 Å². The van der Waals surface area contributed by atoms with Crippen LogP contribution in [0, 0.1) is 0 Å². The van der Waals surface area contributed by atoms with Crippen LogP contribution in [0.1, 0.15) is 36.7 Å². The summed E-state index contributed by atoms with van der Waals surface area (Å²) >= 11 is 0.216. The molecule has 20 heavy (non-hydrogen) atoms. The molecule has 0 fully saturated rings. The maximum atomic E-state index is 10.8. The molecule has 104 valence electrons. The fourth-order valence-electron chi connectivity index (χ4n) is 1.82. The second-order valence-electron chi connectivity index (χ2n) is 5.71. The second kappa shape index (κ2) is 5.82. The van der Waals surface area contributed by atoms with E-state index in [4.69, 9.17) is 5.11 Å². The summed E-state index contributed by atoms with van der Waals surface area (Å²) in [7, 11) is 0. The SMILES string of the molecule is CC(C)(C)c1ccc([Se]c2ccc(C(=O)O)cc2)cc1. The van der Waals surface area contributed by atoms with Crippen LogP contribution < -0.4 is 8.92 Å². The number of hydrogen-bond acceptors (Lipinski definition) is 1. The Hall–Kier alpha value is -1.57. The Labute approximate surface area is 126 Å². The summed E-state index contributed by atoms with van der Waals surface area (Å²) in [5.41, 5.74) is 1.85. The third-order valence-corrected chi connectivity index (χ3v) is 5.19. The van der Waals surface area contributed by atoms with Gasteiger partial charge in [-0.05, 0) is 0 Å². The van der Waals surface area contributed by atoms with E-state index in [2.05, 4.69) is 45.0 Å². The van der Waals surface area contributed by atoms with Crippen LogP contribution in [-0.4, -0.2) is 26.0 Å². The zero-order chi connectivity index (χ0) is 14.8. The number of aromatic carboxylic acids is 1. The number of carbonyl (C=O) groups is 1. The molecule has 0 aliphatic rings. The van der Waals surface area contributed by atoms with Crippen LogP contribution in [0.25, 0.3) is 0 Å². The third-order valence-electron chi connectivity index (χ3n) is 3.06. The van der Waals surface area contributed by atoms with Crippen LogP contribution in [0.4, 0.5) is 0 Å². The Morgan fingerprint density at radius 3 is 1.75 bits per heavy atom. The molecule has 0 saturated carbocycles. The van der Waals surface area contributed by atoms with Crippen molar-refractivity contribution in [1.82, 2.24) is 0 Å². The van der Waals surface area contributed by atoms with E-state index in [9.17, 15) is 4.79 Å². The van der Waals surface area contributed by atoms with Gasteiger partial charge in [0, 0.05) is 0 Å². The van der Waals surface area contributed by atoms with Gasteiger partial charge in [0.15, 0.2) is 0 Å². The molecule has 0 aromatic heterocycles. The summed E-state index contributed by atoms with van der Waals surface area (Å²) < 4.78 is 2.49. The monoisotopic (exact) mass is 334 g/mol. The zero-order valence-electron chi connectivity index (χ0n) is 11.9. The molecule has 3 heteroatoms. The van der Waals surface area contributed by atoms with E-state index in [1.54, 1.807) is 12.1 Å². The molecule has 0 atom stereocenters. The molecular weight excluding hydrogens is 315 g/mol. The van der Waals surface area contributed by atoms with Crippen molar-refractivity contribution in [2.45, 2.75) is 26.2 Å². The van der Waals surface area contributed by atoms with E-state index < -0.39 is 5.97 Å². The van der Waals surface area contributed by atoms with Gasteiger partial charge in [-0.15, -0.1) is 0 Å². The quantitative estimate of drug-likeness (QED) is 0.876. The van der Waals surface area contributed by atoms with Crippen LogP contribution in [0.3, 0.4) is 0 Å². The molecule has 0 unspecified atom stereocenters. The van der Waals surface area contributed by atoms with E-state index in [-0.39, 0.29) is 20.4 Å². The standard InChI is InChI=1S/C17H18O2Se/c1-17(2,3)13-6-10-15(11-7-13)20-14-8-4-12(5-9-14)16(18)19/h4-11H,1-3H3,(H,18,19). The average Bonchev–Trinajstić information content (AvgIpc) is 2.39. The molecular formula is C17H18O2Se. The number of rotatable bonds is 3. The van der Waals surface area contributed by atoms with Gasteiger partial charge >= 0.3 is 126 Å². The fourth-order valence-corrected chi connectivity index (χ4v) is 3.54. The van der Waals surface area contributed by atoms with E-state index in [1.165, 1.54) is 14.5 Å².